The number of thioether (sulfide) groups is 1. The van der Waals surface area contributed by atoms with Crippen LogP contribution in [-0.4, -0.2) is 38.6 Å². The highest BCUT2D eigenvalue weighted by molar-refractivity contribution is 7.99. The minimum absolute atomic E-state index is 0.0861. The number of rotatable bonds is 7. The van der Waals surface area contributed by atoms with E-state index in [4.69, 9.17) is 0 Å². The molecule has 3 aromatic carbocycles. The van der Waals surface area contributed by atoms with Crippen LogP contribution in [0.4, 0.5) is 5.69 Å². The smallest absolute Gasteiger partial charge is 0.261 e. The quantitative estimate of drug-likeness (QED) is 0.372. The monoisotopic (exact) mass is 512 g/mol. The highest BCUT2D eigenvalue weighted by Gasteiger charge is 2.24. The van der Waals surface area contributed by atoms with Gasteiger partial charge >= 0.3 is 0 Å². The van der Waals surface area contributed by atoms with Crippen molar-refractivity contribution < 1.29 is 13.2 Å². The second-order valence-corrected chi connectivity index (χ2v) is 11.7. The third kappa shape index (κ3) is 5.98. The molecule has 3 aromatic rings. The lowest BCUT2D eigenvalue weighted by molar-refractivity contribution is 0.0758. The number of amides is 1. The van der Waals surface area contributed by atoms with Crippen molar-refractivity contribution in [3.63, 3.8) is 0 Å². The topological polar surface area (TPSA) is 66.5 Å². The van der Waals surface area contributed by atoms with Crippen LogP contribution in [0.15, 0.2) is 92.4 Å². The van der Waals surface area contributed by atoms with Gasteiger partial charge in [0.25, 0.3) is 15.9 Å². The van der Waals surface area contributed by atoms with Crippen molar-refractivity contribution in [2.75, 3.05) is 24.1 Å². The zero-order chi connectivity index (χ0) is 24.0. The number of carbonyl (C=O) groups is 1. The summed E-state index contributed by atoms with van der Waals surface area (Å²) in [6.45, 7) is 1.43. The zero-order valence-electron chi connectivity index (χ0n) is 19.1. The SMILES string of the molecule is CSc1ccc(S(=O)(=O)Nc2ccccc2Sc2ccccc2)cc1C(=O)N1CCCCCC1. The predicted molar refractivity (Wildman–Crippen MR) is 140 cm³/mol. The lowest BCUT2D eigenvalue weighted by Crippen LogP contribution is -2.32. The lowest BCUT2D eigenvalue weighted by Gasteiger charge is -2.22. The minimum Gasteiger partial charge on any atom is -0.339 e. The van der Waals surface area contributed by atoms with Gasteiger partial charge in [0, 0.05) is 27.8 Å². The summed E-state index contributed by atoms with van der Waals surface area (Å²) in [5, 5.41) is 0. The summed E-state index contributed by atoms with van der Waals surface area (Å²) in [7, 11) is -3.89. The Morgan fingerprint density at radius 3 is 2.24 bits per heavy atom. The van der Waals surface area contributed by atoms with Gasteiger partial charge in [0.05, 0.1) is 16.1 Å². The molecular formula is C26H28N2O3S3. The number of para-hydroxylation sites is 1. The summed E-state index contributed by atoms with van der Waals surface area (Å²) < 4.78 is 29.5. The van der Waals surface area contributed by atoms with E-state index in [-0.39, 0.29) is 10.8 Å². The predicted octanol–water partition coefficient (Wildman–Crippen LogP) is 6.38. The maximum absolute atomic E-state index is 13.4. The number of hydrogen-bond donors (Lipinski definition) is 1. The van der Waals surface area contributed by atoms with Crippen molar-refractivity contribution in [3.05, 3.63) is 78.4 Å². The van der Waals surface area contributed by atoms with E-state index in [9.17, 15) is 13.2 Å². The first-order valence-corrected chi connectivity index (χ1v) is 14.8. The summed E-state index contributed by atoms with van der Waals surface area (Å²) in [6, 6.07) is 22.0. The molecule has 1 aliphatic heterocycles. The molecule has 0 aliphatic carbocycles. The molecule has 0 aromatic heterocycles. The fourth-order valence-corrected chi connectivity index (χ4v) is 6.59. The fraction of sp³-hybridized carbons (Fsp3) is 0.269. The van der Waals surface area contributed by atoms with E-state index in [0.29, 0.717) is 24.3 Å². The average molecular weight is 513 g/mol. The lowest BCUT2D eigenvalue weighted by atomic mass is 10.2. The molecule has 1 aliphatic rings. The first-order valence-electron chi connectivity index (χ1n) is 11.3. The van der Waals surface area contributed by atoms with Crippen LogP contribution in [0.1, 0.15) is 36.0 Å². The van der Waals surface area contributed by atoms with Crippen molar-refractivity contribution in [3.8, 4) is 0 Å². The number of benzene rings is 3. The number of nitrogens with zero attached hydrogens (tertiary/aromatic N) is 1. The number of nitrogens with one attached hydrogen (secondary N) is 1. The third-order valence-corrected chi connectivity index (χ3v) is 8.95. The standard InChI is InChI=1S/C26H28N2O3S3/c1-32-24-16-15-21(19-22(24)26(29)28-17-9-2-3-10-18-28)34(30,31)27-23-13-7-8-14-25(23)33-20-11-5-4-6-12-20/h4-8,11-16,19,27H,2-3,9-10,17-18H2,1H3. The van der Waals surface area contributed by atoms with E-state index in [2.05, 4.69) is 4.72 Å². The van der Waals surface area contributed by atoms with E-state index >= 15 is 0 Å². The summed E-state index contributed by atoms with van der Waals surface area (Å²) in [6.07, 6.45) is 6.11. The van der Waals surface area contributed by atoms with Gasteiger partial charge in [-0.1, -0.05) is 54.9 Å². The molecule has 0 spiro atoms. The molecule has 178 valence electrons. The minimum atomic E-state index is -3.89. The van der Waals surface area contributed by atoms with Crippen LogP contribution in [0.2, 0.25) is 0 Å². The number of hydrogen-bond acceptors (Lipinski definition) is 5. The van der Waals surface area contributed by atoms with Crippen LogP contribution in [0.25, 0.3) is 0 Å². The molecule has 0 atom stereocenters. The van der Waals surface area contributed by atoms with E-state index in [1.807, 2.05) is 53.6 Å². The molecule has 1 fully saturated rings. The molecule has 0 saturated carbocycles. The number of likely N-dealkylation sites (tertiary alicyclic amines) is 1. The Morgan fingerprint density at radius 2 is 1.53 bits per heavy atom. The normalized spacial score (nSPS) is 14.4. The molecule has 4 rings (SSSR count). The summed E-state index contributed by atoms with van der Waals surface area (Å²) in [4.78, 5) is 17.9. The van der Waals surface area contributed by atoms with E-state index < -0.39 is 10.0 Å². The van der Waals surface area contributed by atoms with Gasteiger partial charge in [0.15, 0.2) is 0 Å². The van der Waals surface area contributed by atoms with Crippen molar-refractivity contribution in [2.24, 2.45) is 0 Å². The van der Waals surface area contributed by atoms with E-state index in [1.165, 1.54) is 29.6 Å². The van der Waals surface area contributed by atoms with Gasteiger partial charge in [-0.3, -0.25) is 9.52 Å². The fourth-order valence-electron chi connectivity index (χ4n) is 3.92. The van der Waals surface area contributed by atoms with Gasteiger partial charge in [-0.15, -0.1) is 11.8 Å². The highest BCUT2D eigenvalue weighted by Crippen LogP contribution is 2.35. The summed E-state index contributed by atoms with van der Waals surface area (Å²) >= 11 is 2.95. The van der Waals surface area contributed by atoms with Crippen LogP contribution in [0, 0.1) is 0 Å². The third-order valence-electron chi connectivity index (χ3n) is 5.71. The van der Waals surface area contributed by atoms with Gasteiger partial charge in [-0.2, -0.15) is 0 Å². The summed E-state index contributed by atoms with van der Waals surface area (Å²) in [5.41, 5.74) is 0.954. The van der Waals surface area contributed by atoms with Gasteiger partial charge in [0.2, 0.25) is 0 Å². The van der Waals surface area contributed by atoms with Crippen LogP contribution >= 0.6 is 23.5 Å². The Bertz CT molecular complexity index is 1240. The second kappa shape index (κ2) is 11.3. The first-order chi connectivity index (χ1) is 16.5. The molecular weight excluding hydrogens is 484 g/mol. The molecule has 1 amide bonds. The highest BCUT2D eigenvalue weighted by atomic mass is 32.2. The Morgan fingerprint density at radius 1 is 0.853 bits per heavy atom. The van der Waals surface area contributed by atoms with Crippen molar-refractivity contribution in [1.29, 1.82) is 0 Å². The zero-order valence-corrected chi connectivity index (χ0v) is 21.5. The number of anilines is 1. The van der Waals surface area contributed by atoms with Crippen LogP contribution < -0.4 is 4.72 Å². The molecule has 5 nitrogen and oxygen atoms in total. The molecule has 0 bridgehead atoms. The Hall–Kier alpha value is -2.42. The van der Waals surface area contributed by atoms with Gasteiger partial charge in [-0.25, -0.2) is 8.42 Å². The molecule has 34 heavy (non-hydrogen) atoms. The van der Waals surface area contributed by atoms with Crippen LogP contribution in [0.5, 0.6) is 0 Å². The molecule has 0 unspecified atom stereocenters. The van der Waals surface area contributed by atoms with Gasteiger partial charge in [-0.05, 0) is 61.6 Å². The van der Waals surface area contributed by atoms with Crippen LogP contribution in [-0.2, 0) is 10.0 Å². The molecule has 8 heteroatoms. The largest absolute Gasteiger partial charge is 0.339 e. The maximum atomic E-state index is 13.4. The Kier molecular flexibility index (Phi) is 8.24. The van der Waals surface area contributed by atoms with Crippen molar-refractivity contribution >= 4 is 45.1 Å². The average Bonchev–Trinajstić information content (AvgIpc) is 3.14. The molecule has 1 heterocycles. The van der Waals surface area contributed by atoms with Gasteiger partial charge in [0.1, 0.15) is 0 Å². The molecule has 1 N–H and O–H groups in total. The molecule has 1 saturated heterocycles. The Labute approximate surface area is 210 Å². The number of carbonyl (C=O) groups excluding carboxylic acids is 1. The molecule has 0 radical (unpaired) electrons. The van der Waals surface area contributed by atoms with Crippen molar-refractivity contribution in [2.45, 2.75) is 45.3 Å². The second-order valence-electron chi connectivity index (χ2n) is 8.09. The first kappa shape index (κ1) is 24.7. The van der Waals surface area contributed by atoms with E-state index in [1.54, 1.807) is 24.3 Å². The number of sulfonamides is 1. The van der Waals surface area contributed by atoms with Crippen LogP contribution in [0.3, 0.4) is 0 Å². The maximum Gasteiger partial charge on any atom is 0.261 e. The van der Waals surface area contributed by atoms with Gasteiger partial charge < -0.3 is 4.90 Å². The summed E-state index contributed by atoms with van der Waals surface area (Å²) in [5.74, 6) is -0.0941. The van der Waals surface area contributed by atoms with Crippen molar-refractivity contribution in [1.82, 2.24) is 4.90 Å². The Balaban J connectivity index is 1.62. The van der Waals surface area contributed by atoms with E-state index in [0.717, 1.165) is 40.4 Å².